The fourth-order valence-corrected chi connectivity index (χ4v) is 2.92. The fourth-order valence-electron chi connectivity index (χ4n) is 2.92. The van der Waals surface area contributed by atoms with Gasteiger partial charge in [0.05, 0.1) is 0 Å². The van der Waals surface area contributed by atoms with Gasteiger partial charge in [0.25, 0.3) is 5.91 Å². The van der Waals surface area contributed by atoms with Crippen molar-refractivity contribution in [3.05, 3.63) is 83.4 Å². The number of hydrogen-bond donors (Lipinski definition) is 2. The molecule has 3 aromatic carbocycles. The molecular weight excluding hydrogens is 336 g/mol. The number of benzene rings is 3. The fraction of sp³-hybridized carbons (Fsp3) is 0.130. The summed E-state index contributed by atoms with van der Waals surface area (Å²) in [5.41, 5.74) is 6.37. The summed E-state index contributed by atoms with van der Waals surface area (Å²) >= 11 is 0. The van der Waals surface area contributed by atoms with E-state index in [1.165, 1.54) is 12.5 Å². The van der Waals surface area contributed by atoms with Gasteiger partial charge < -0.3 is 10.6 Å². The van der Waals surface area contributed by atoms with Gasteiger partial charge in [-0.1, -0.05) is 36.4 Å². The molecule has 4 heteroatoms. The van der Waals surface area contributed by atoms with E-state index in [0.717, 1.165) is 22.4 Å². The Morgan fingerprint density at radius 3 is 2.15 bits per heavy atom. The molecule has 136 valence electrons. The first-order chi connectivity index (χ1) is 12.9. The van der Waals surface area contributed by atoms with Crippen LogP contribution in [0.25, 0.3) is 11.1 Å². The Kier molecular flexibility index (Phi) is 5.36. The van der Waals surface area contributed by atoms with E-state index in [-0.39, 0.29) is 11.8 Å². The Morgan fingerprint density at radius 2 is 1.48 bits per heavy atom. The minimum Gasteiger partial charge on any atom is -0.326 e. The maximum Gasteiger partial charge on any atom is 0.255 e. The van der Waals surface area contributed by atoms with Crippen molar-refractivity contribution in [3.8, 4) is 11.1 Å². The van der Waals surface area contributed by atoms with Gasteiger partial charge in [-0.05, 0) is 66.4 Å². The summed E-state index contributed by atoms with van der Waals surface area (Å²) in [6.07, 6.45) is 0. The van der Waals surface area contributed by atoms with Crippen molar-refractivity contribution < 1.29 is 9.59 Å². The van der Waals surface area contributed by atoms with Gasteiger partial charge in [-0.25, -0.2) is 0 Å². The van der Waals surface area contributed by atoms with Crippen LogP contribution >= 0.6 is 0 Å². The highest BCUT2D eigenvalue weighted by Crippen LogP contribution is 2.28. The molecule has 0 saturated heterocycles. The van der Waals surface area contributed by atoms with Gasteiger partial charge in [-0.15, -0.1) is 0 Å². The molecule has 0 aliphatic heterocycles. The normalized spacial score (nSPS) is 10.3. The third kappa shape index (κ3) is 4.42. The Bertz CT molecular complexity index is 992. The van der Waals surface area contributed by atoms with E-state index in [9.17, 15) is 9.59 Å². The lowest BCUT2D eigenvalue weighted by atomic mass is 9.98. The van der Waals surface area contributed by atoms with Crippen molar-refractivity contribution in [3.63, 3.8) is 0 Å². The smallest absolute Gasteiger partial charge is 0.255 e. The van der Waals surface area contributed by atoms with Crippen LogP contribution in [0.5, 0.6) is 0 Å². The quantitative estimate of drug-likeness (QED) is 0.675. The van der Waals surface area contributed by atoms with Crippen molar-refractivity contribution in [1.29, 1.82) is 0 Å². The number of rotatable bonds is 4. The highest BCUT2D eigenvalue weighted by molar-refractivity contribution is 6.05. The second-order valence-electron chi connectivity index (χ2n) is 6.56. The lowest BCUT2D eigenvalue weighted by Gasteiger charge is -2.12. The lowest BCUT2D eigenvalue weighted by molar-refractivity contribution is -0.114. The van der Waals surface area contributed by atoms with Gasteiger partial charge in [0.2, 0.25) is 5.91 Å². The zero-order valence-electron chi connectivity index (χ0n) is 15.7. The standard InChI is InChI=1S/C23H22N2O2/c1-15-6-4-5-7-21(15)19-9-8-16(2)22(14-19)25-23(27)18-10-12-20(13-11-18)24-17(3)26/h4-14H,1-3H3,(H,24,26)(H,25,27). The van der Waals surface area contributed by atoms with Crippen LogP contribution in [-0.4, -0.2) is 11.8 Å². The van der Waals surface area contributed by atoms with E-state index < -0.39 is 0 Å². The zero-order chi connectivity index (χ0) is 19.4. The van der Waals surface area contributed by atoms with E-state index in [2.05, 4.69) is 35.8 Å². The first kappa shape index (κ1) is 18.4. The van der Waals surface area contributed by atoms with Crippen molar-refractivity contribution in [1.82, 2.24) is 0 Å². The van der Waals surface area contributed by atoms with Crippen LogP contribution in [0.15, 0.2) is 66.7 Å². The first-order valence-corrected chi connectivity index (χ1v) is 8.79. The molecule has 0 saturated carbocycles. The molecule has 27 heavy (non-hydrogen) atoms. The average molecular weight is 358 g/mol. The Morgan fingerprint density at radius 1 is 0.778 bits per heavy atom. The number of amides is 2. The number of nitrogens with one attached hydrogen (secondary N) is 2. The van der Waals surface area contributed by atoms with E-state index in [1.54, 1.807) is 24.3 Å². The molecule has 0 spiro atoms. The maximum atomic E-state index is 12.6. The van der Waals surface area contributed by atoms with Crippen molar-refractivity contribution in [2.24, 2.45) is 0 Å². The Labute approximate surface area is 159 Å². The van der Waals surface area contributed by atoms with Gasteiger partial charge in [0, 0.05) is 23.9 Å². The third-order valence-corrected chi connectivity index (χ3v) is 4.41. The molecule has 0 heterocycles. The third-order valence-electron chi connectivity index (χ3n) is 4.41. The highest BCUT2D eigenvalue weighted by Gasteiger charge is 2.10. The monoisotopic (exact) mass is 358 g/mol. The molecule has 0 aliphatic rings. The van der Waals surface area contributed by atoms with Crippen LogP contribution in [0.1, 0.15) is 28.4 Å². The minimum absolute atomic E-state index is 0.143. The number of carbonyl (C=O) groups is 2. The number of carbonyl (C=O) groups excluding carboxylic acids is 2. The van der Waals surface area contributed by atoms with E-state index in [0.29, 0.717) is 11.3 Å². The van der Waals surface area contributed by atoms with Crippen molar-refractivity contribution >= 4 is 23.2 Å². The topological polar surface area (TPSA) is 58.2 Å². The molecule has 3 rings (SSSR count). The van der Waals surface area contributed by atoms with Gasteiger partial charge in [-0.3, -0.25) is 9.59 Å². The van der Waals surface area contributed by atoms with Crippen LogP contribution < -0.4 is 10.6 Å². The predicted octanol–water partition coefficient (Wildman–Crippen LogP) is 5.18. The summed E-state index contributed by atoms with van der Waals surface area (Å²) in [4.78, 5) is 23.7. The second kappa shape index (κ2) is 7.87. The molecule has 3 aromatic rings. The van der Waals surface area contributed by atoms with E-state index in [4.69, 9.17) is 0 Å². The number of hydrogen-bond acceptors (Lipinski definition) is 2. The molecule has 2 N–H and O–H groups in total. The summed E-state index contributed by atoms with van der Waals surface area (Å²) in [7, 11) is 0. The minimum atomic E-state index is -0.186. The number of aryl methyl sites for hydroxylation is 2. The molecule has 0 aromatic heterocycles. The summed E-state index contributed by atoms with van der Waals surface area (Å²) < 4.78 is 0. The Balaban J connectivity index is 1.82. The number of anilines is 2. The molecular formula is C23H22N2O2. The summed E-state index contributed by atoms with van der Waals surface area (Å²) in [5, 5.41) is 5.68. The second-order valence-corrected chi connectivity index (χ2v) is 6.56. The molecule has 0 bridgehead atoms. The largest absolute Gasteiger partial charge is 0.326 e. The predicted molar refractivity (Wildman–Crippen MR) is 110 cm³/mol. The van der Waals surface area contributed by atoms with Gasteiger partial charge >= 0.3 is 0 Å². The lowest BCUT2D eigenvalue weighted by Crippen LogP contribution is -2.13. The van der Waals surface area contributed by atoms with Gasteiger partial charge in [0.1, 0.15) is 0 Å². The summed E-state index contributed by atoms with van der Waals surface area (Å²) in [5.74, 6) is -0.328. The zero-order valence-corrected chi connectivity index (χ0v) is 15.7. The van der Waals surface area contributed by atoms with Crippen LogP contribution in [-0.2, 0) is 4.79 Å². The summed E-state index contributed by atoms with van der Waals surface area (Å²) in [6, 6.07) is 21.1. The maximum absolute atomic E-state index is 12.6. The molecule has 4 nitrogen and oxygen atoms in total. The van der Waals surface area contributed by atoms with Crippen LogP contribution in [0.2, 0.25) is 0 Å². The average Bonchev–Trinajstić information content (AvgIpc) is 2.64. The van der Waals surface area contributed by atoms with Crippen molar-refractivity contribution in [2.45, 2.75) is 20.8 Å². The first-order valence-electron chi connectivity index (χ1n) is 8.79. The molecule has 0 atom stereocenters. The van der Waals surface area contributed by atoms with Crippen molar-refractivity contribution in [2.75, 3.05) is 10.6 Å². The Hall–Kier alpha value is -3.40. The van der Waals surface area contributed by atoms with Gasteiger partial charge in [-0.2, -0.15) is 0 Å². The molecule has 0 radical (unpaired) electrons. The van der Waals surface area contributed by atoms with E-state index >= 15 is 0 Å². The molecule has 2 amide bonds. The van der Waals surface area contributed by atoms with Crippen LogP contribution in [0.3, 0.4) is 0 Å². The summed E-state index contributed by atoms with van der Waals surface area (Å²) in [6.45, 7) is 5.49. The SMILES string of the molecule is CC(=O)Nc1ccc(C(=O)Nc2cc(-c3ccccc3C)ccc2C)cc1. The molecule has 0 fully saturated rings. The van der Waals surface area contributed by atoms with Gasteiger partial charge in [0.15, 0.2) is 0 Å². The van der Waals surface area contributed by atoms with Crippen LogP contribution in [0, 0.1) is 13.8 Å². The van der Waals surface area contributed by atoms with Crippen LogP contribution in [0.4, 0.5) is 11.4 Å². The molecule has 0 aliphatic carbocycles. The van der Waals surface area contributed by atoms with E-state index in [1.807, 2.05) is 31.2 Å². The molecule has 0 unspecified atom stereocenters. The highest BCUT2D eigenvalue weighted by atomic mass is 16.2.